The summed E-state index contributed by atoms with van der Waals surface area (Å²) in [6.07, 6.45) is 1.90. The molecule has 1 heterocycles. The number of hydrogen-bond acceptors (Lipinski definition) is 8. The van der Waals surface area contributed by atoms with Crippen molar-refractivity contribution in [2.24, 2.45) is 5.92 Å². The molecule has 0 bridgehead atoms. The molecule has 8 heteroatoms. The van der Waals surface area contributed by atoms with Crippen LogP contribution in [0.1, 0.15) is 19.8 Å². The number of piperidine rings is 1. The minimum absolute atomic E-state index is 0.0434. The van der Waals surface area contributed by atoms with Crippen LogP contribution in [-0.4, -0.2) is 77.9 Å². The van der Waals surface area contributed by atoms with Gasteiger partial charge in [0, 0.05) is 6.92 Å². The zero-order valence-electron chi connectivity index (χ0n) is 15.0. The van der Waals surface area contributed by atoms with Crippen molar-refractivity contribution in [2.45, 2.75) is 19.8 Å². The molecule has 0 atom stereocenters. The Labute approximate surface area is 138 Å². The molecule has 1 aliphatic rings. The molecular weight excluding hydrogens is 304 g/mol. The summed E-state index contributed by atoms with van der Waals surface area (Å²) in [7, 11) is 7.94. The molecule has 1 fully saturated rings. The summed E-state index contributed by atoms with van der Waals surface area (Å²) in [5.41, 5.74) is 0. The van der Waals surface area contributed by atoms with E-state index in [9.17, 15) is 14.4 Å². The van der Waals surface area contributed by atoms with E-state index in [0.717, 1.165) is 25.9 Å². The van der Waals surface area contributed by atoms with Gasteiger partial charge in [0.2, 0.25) is 0 Å². The summed E-state index contributed by atoms with van der Waals surface area (Å²) in [6.45, 7) is 3.68. The van der Waals surface area contributed by atoms with Gasteiger partial charge in [-0.25, -0.2) is 0 Å². The van der Waals surface area contributed by atoms with E-state index in [4.69, 9.17) is 0 Å². The predicted octanol–water partition coefficient (Wildman–Crippen LogP) is 0.0593. The van der Waals surface area contributed by atoms with Gasteiger partial charge in [0.25, 0.3) is 0 Å². The normalized spacial score (nSPS) is 14.3. The number of methoxy groups -OCH3 is 3. The van der Waals surface area contributed by atoms with Crippen molar-refractivity contribution in [3.63, 3.8) is 0 Å². The molecule has 23 heavy (non-hydrogen) atoms. The largest absolute Gasteiger partial charge is 0.469 e. The second-order valence-electron chi connectivity index (χ2n) is 4.90. The summed E-state index contributed by atoms with van der Waals surface area (Å²) >= 11 is 0. The van der Waals surface area contributed by atoms with Crippen molar-refractivity contribution in [2.75, 3.05) is 55.1 Å². The van der Waals surface area contributed by atoms with Gasteiger partial charge >= 0.3 is 17.9 Å². The zero-order valence-corrected chi connectivity index (χ0v) is 15.0. The molecule has 0 spiro atoms. The molecule has 1 N–H and O–H groups in total. The minimum atomic E-state index is -0.245. The molecule has 0 aromatic rings. The van der Waals surface area contributed by atoms with Gasteiger partial charge in [-0.2, -0.15) is 0 Å². The van der Waals surface area contributed by atoms with E-state index in [1.54, 1.807) is 7.05 Å². The van der Waals surface area contributed by atoms with Gasteiger partial charge < -0.3 is 24.4 Å². The lowest BCUT2D eigenvalue weighted by atomic mass is 9.98. The highest BCUT2D eigenvalue weighted by Crippen LogP contribution is 2.16. The molecular formula is C15H30N2O6. The van der Waals surface area contributed by atoms with Gasteiger partial charge in [-0.1, -0.05) is 0 Å². The fourth-order valence-corrected chi connectivity index (χ4v) is 1.63. The second kappa shape index (κ2) is 15.2. The first-order valence-electron chi connectivity index (χ1n) is 7.34. The quantitative estimate of drug-likeness (QED) is 0.572. The third-order valence-corrected chi connectivity index (χ3v) is 3.09. The van der Waals surface area contributed by atoms with Crippen molar-refractivity contribution in [1.29, 1.82) is 0 Å². The average molecular weight is 334 g/mol. The number of likely N-dealkylation sites (N-methyl/N-ethyl adjacent to an activating group) is 1. The molecule has 8 nitrogen and oxygen atoms in total. The number of nitrogens with zero attached hydrogens (tertiary/aromatic N) is 1. The van der Waals surface area contributed by atoms with Crippen molar-refractivity contribution in [1.82, 2.24) is 10.2 Å². The van der Waals surface area contributed by atoms with Crippen molar-refractivity contribution >= 4 is 17.9 Å². The predicted molar refractivity (Wildman–Crippen MR) is 85.9 cm³/mol. The Morgan fingerprint density at radius 1 is 1.04 bits per heavy atom. The minimum Gasteiger partial charge on any atom is -0.469 e. The molecule has 1 rings (SSSR count). The molecule has 0 aromatic carbocycles. The Morgan fingerprint density at radius 2 is 1.52 bits per heavy atom. The van der Waals surface area contributed by atoms with E-state index in [1.165, 1.54) is 28.3 Å². The summed E-state index contributed by atoms with van der Waals surface area (Å²) < 4.78 is 13.1. The van der Waals surface area contributed by atoms with E-state index < -0.39 is 0 Å². The number of carbonyl (C=O) groups is 3. The van der Waals surface area contributed by atoms with Gasteiger partial charge in [-0.15, -0.1) is 0 Å². The number of rotatable bonds is 3. The summed E-state index contributed by atoms with van der Waals surface area (Å²) in [5.74, 6) is -0.373. The van der Waals surface area contributed by atoms with Crippen LogP contribution in [0.2, 0.25) is 0 Å². The summed E-state index contributed by atoms with van der Waals surface area (Å²) in [5, 5.41) is 2.64. The highest BCUT2D eigenvalue weighted by Gasteiger charge is 2.23. The van der Waals surface area contributed by atoms with Crippen LogP contribution >= 0.6 is 0 Å². The smallest absolute Gasteiger partial charge is 0.319 e. The standard InChI is InChI=1S/C8H15NO2.C4H9NO2.C3H6O2/c1-9-5-3-7(4-6-9)8(10)11-2;1-5-3-4(6)7-2;1-3(4)5-2/h7H,3-6H2,1-2H3;5H,3H2,1-2H3;1-2H3. The van der Waals surface area contributed by atoms with Gasteiger partial charge in [0.1, 0.15) is 0 Å². The van der Waals surface area contributed by atoms with Crippen LogP contribution in [0.15, 0.2) is 0 Å². The topological polar surface area (TPSA) is 94.2 Å². The molecule has 0 amide bonds. The fraction of sp³-hybridized carbons (Fsp3) is 0.800. The molecule has 0 aromatic heterocycles. The molecule has 136 valence electrons. The number of esters is 3. The van der Waals surface area contributed by atoms with Crippen molar-refractivity contribution in [3.05, 3.63) is 0 Å². The zero-order chi connectivity index (χ0) is 18.3. The molecule has 0 unspecified atom stereocenters. The maximum atomic E-state index is 11.0. The van der Waals surface area contributed by atoms with E-state index in [0.29, 0.717) is 0 Å². The average Bonchev–Trinajstić information content (AvgIpc) is 2.56. The summed E-state index contributed by atoms with van der Waals surface area (Å²) in [4.78, 5) is 33.0. The number of nitrogens with one attached hydrogen (secondary N) is 1. The molecule has 0 aliphatic carbocycles. The Morgan fingerprint density at radius 3 is 1.78 bits per heavy atom. The first-order chi connectivity index (χ1) is 10.8. The van der Waals surface area contributed by atoms with Gasteiger partial charge in [0.05, 0.1) is 33.8 Å². The van der Waals surface area contributed by atoms with Crippen molar-refractivity contribution in [3.8, 4) is 0 Å². The lowest BCUT2D eigenvalue weighted by Gasteiger charge is -2.26. The third kappa shape index (κ3) is 15.0. The second-order valence-corrected chi connectivity index (χ2v) is 4.90. The van der Waals surface area contributed by atoms with Crippen LogP contribution < -0.4 is 5.32 Å². The van der Waals surface area contributed by atoms with Crippen LogP contribution in [-0.2, 0) is 28.6 Å². The molecule has 0 saturated carbocycles. The van der Waals surface area contributed by atoms with Gasteiger partial charge in [-0.05, 0) is 40.0 Å². The first kappa shape index (κ1) is 23.6. The lowest BCUT2D eigenvalue weighted by molar-refractivity contribution is -0.147. The Hall–Kier alpha value is -1.67. The van der Waals surface area contributed by atoms with Crippen LogP contribution in [0, 0.1) is 5.92 Å². The highest BCUT2D eigenvalue weighted by atomic mass is 16.5. The third-order valence-electron chi connectivity index (χ3n) is 3.09. The van der Waals surface area contributed by atoms with Gasteiger partial charge in [-0.3, -0.25) is 14.4 Å². The van der Waals surface area contributed by atoms with E-state index >= 15 is 0 Å². The maximum Gasteiger partial charge on any atom is 0.319 e. The highest BCUT2D eigenvalue weighted by molar-refractivity contribution is 5.72. The fourth-order valence-electron chi connectivity index (χ4n) is 1.63. The monoisotopic (exact) mass is 334 g/mol. The van der Waals surface area contributed by atoms with E-state index in [2.05, 4.69) is 31.5 Å². The van der Waals surface area contributed by atoms with E-state index in [1.807, 2.05) is 0 Å². The SMILES string of the molecule is CNCC(=O)OC.COC(=O)C1CCN(C)CC1.COC(C)=O. The Bertz CT molecular complexity index is 341. The number of carbonyl (C=O) groups excluding carboxylic acids is 3. The maximum absolute atomic E-state index is 11.0. The van der Waals surface area contributed by atoms with Crippen molar-refractivity contribution < 1.29 is 28.6 Å². The molecule has 1 aliphatic heterocycles. The Kier molecular flexibility index (Phi) is 15.6. The van der Waals surface area contributed by atoms with Crippen LogP contribution in [0.25, 0.3) is 0 Å². The van der Waals surface area contributed by atoms with Gasteiger partial charge in [0.15, 0.2) is 0 Å². The molecule has 0 radical (unpaired) electrons. The summed E-state index contributed by atoms with van der Waals surface area (Å²) in [6, 6.07) is 0. The van der Waals surface area contributed by atoms with Crippen LogP contribution in [0.3, 0.4) is 0 Å². The van der Waals surface area contributed by atoms with Crippen LogP contribution in [0.4, 0.5) is 0 Å². The Balaban J connectivity index is 0. The number of likely N-dealkylation sites (tertiary alicyclic amines) is 1. The lowest BCUT2D eigenvalue weighted by Crippen LogP contribution is -2.33. The molecule has 1 saturated heterocycles. The first-order valence-corrected chi connectivity index (χ1v) is 7.34. The number of hydrogen-bond donors (Lipinski definition) is 1. The van der Waals surface area contributed by atoms with E-state index in [-0.39, 0.29) is 30.4 Å². The number of ether oxygens (including phenoxy) is 3. The van der Waals surface area contributed by atoms with Crippen LogP contribution in [0.5, 0.6) is 0 Å².